The number of hydrogen-bond donors (Lipinski definition) is 3. The first kappa shape index (κ1) is 15.9. The molecule has 0 radical (unpaired) electrons. The molecule has 1 aliphatic rings. The fourth-order valence-corrected chi connectivity index (χ4v) is 3.04. The highest BCUT2D eigenvalue weighted by molar-refractivity contribution is 7.09. The number of aromatic carboxylic acids is 1. The molecule has 1 saturated heterocycles. The number of amides is 1. The fraction of sp³-hybridized carbons (Fsp3) is 0.615. The maximum absolute atomic E-state index is 12.3. The van der Waals surface area contributed by atoms with Gasteiger partial charge in [-0.2, -0.15) is 0 Å². The van der Waals surface area contributed by atoms with Crippen LogP contribution in [0.25, 0.3) is 0 Å². The molecule has 0 bridgehead atoms. The molecule has 116 valence electrons. The van der Waals surface area contributed by atoms with Crippen LogP contribution in [-0.2, 0) is 9.53 Å². The summed E-state index contributed by atoms with van der Waals surface area (Å²) in [4.78, 5) is 27.1. The molecule has 2 rings (SSSR count). The molecule has 3 N–H and O–H groups in total. The number of ether oxygens (including phenoxy) is 1. The van der Waals surface area contributed by atoms with Gasteiger partial charge in [-0.05, 0) is 13.5 Å². The standard InChI is InChI=1S/C13H19N3O4S/c1-3-14-9-5-20-4-8(9)11(17)15-7(2)12-16-10(6-21-12)13(18)19/h6-9,14H,3-5H2,1-2H3,(H,15,17)(H,18,19). The van der Waals surface area contributed by atoms with Gasteiger partial charge in [0.25, 0.3) is 0 Å². The third-order valence-corrected chi connectivity index (χ3v) is 4.38. The zero-order valence-electron chi connectivity index (χ0n) is 12.0. The van der Waals surface area contributed by atoms with Crippen molar-refractivity contribution in [2.75, 3.05) is 19.8 Å². The molecule has 1 fully saturated rings. The summed E-state index contributed by atoms with van der Waals surface area (Å²) >= 11 is 1.23. The average molecular weight is 313 g/mol. The van der Waals surface area contributed by atoms with E-state index in [2.05, 4.69) is 15.6 Å². The third kappa shape index (κ3) is 3.78. The van der Waals surface area contributed by atoms with Crippen LogP contribution in [0.2, 0.25) is 0 Å². The summed E-state index contributed by atoms with van der Waals surface area (Å²) in [5.74, 6) is -1.39. The number of carboxylic acids is 1. The molecular weight excluding hydrogens is 294 g/mol. The lowest BCUT2D eigenvalue weighted by Gasteiger charge is -2.20. The van der Waals surface area contributed by atoms with Gasteiger partial charge in [-0.15, -0.1) is 11.3 Å². The summed E-state index contributed by atoms with van der Waals surface area (Å²) in [6.07, 6.45) is 0. The number of carbonyl (C=O) groups is 2. The van der Waals surface area contributed by atoms with Crippen LogP contribution in [0.4, 0.5) is 0 Å². The van der Waals surface area contributed by atoms with Crippen molar-refractivity contribution in [3.63, 3.8) is 0 Å². The van der Waals surface area contributed by atoms with Gasteiger partial charge in [-0.25, -0.2) is 9.78 Å². The van der Waals surface area contributed by atoms with Crippen LogP contribution in [0.1, 0.15) is 35.4 Å². The highest BCUT2D eigenvalue weighted by atomic mass is 32.1. The minimum absolute atomic E-state index is 0.00539. The van der Waals surface area contributed by atoms with Crippen molar-refractivity contribution in [3.05, 3.63) is 16.1 Å². The van der Waals surface area contributed by atoms with Gasteiger partial charge in [0.1, 0.15) is 5.01 Å². The van der Waals surface area contributed by atoms with E-state index in [1.807, 2.05) is 6.92 Å². The summed E-state index contributed by atoms with van der Waals surface area (Å²) in [7, 11) is 0. The normalized spacial score (nSPS) is 23.0. The molecular formula is C13H19N3O4S. The molecule has 3 atom stereocenters. The second-order valence-corrected chi connectivity index (χ2v) is 5.80. The second kappa shape index (κ2) is 6.97. The van der Waals surface area contributed by atoms with Crippen LogP contribution in [0, 0.1) is 5.92 Å². The van der Waals surface area contributed by atoms with Crippen molar-refractivity contribution in [2.24, 2.45) is 5.92 Å². The van der Waals surface area contributed by atoms with Gasteiger partial charge in [0.2, 0.25) is 5.91 Å². The first-order valence-corrected chi connectivity index (χ1v) is 7.71. The van der Waals surface area contributed by atoms with E-state index >= 15 is 0 Å². The van der Waals surface area contributed by atoms with Crippen LogP contribution in [0.5, 0.6) is 0 Å². The molecule has 0 aliphatic carbocycles. The highest BCUT2D eigenvalue weighted by Gasteiger charge is 2.34. The first-order valence-electron chi connectivity index (χ1n) is 6.83. The van der Waals surface area contributed by atoms with Crippen LogP contribution in [0.3, 0.4) is 0 Å². The molecule has 0 saturated carbocycles. The molecule has 21 heavy (non-hydrogen) atoms. The molecule has 1 amide bonds. The Kier molecular flexibility index (Phi) is 5.27. The van der Waals surface area contributed by atoms with E-state index in [0.29, 0.717) is 18.2 Å². The maximum Gasteiger partial charge on any atom is 0.355 e. The van der Waals surface area contributed by atoms with Crippen molar-refractivity contribution in [1.82, 2.24) is 15.6 Å². The minimum Gasteiger partial charge on any atom is -0.476 e. The van der Waals surface area contributed by atoms with Gasteiger partial charge in [0, 0.05) is 11.4 Å². The Labute approximate surface area is 126 Å². The maximum atomic E-state index is 12.3. The smallest absolute Gasteiger partial charge is 0.355 e. The Balaban J connectivity index is 1.96. The molecule has 1 aromatic rings. The Morgan fingerprint density at radius 1 is 1.57 bits per heavy atom. The average Bonchev–Trinajstić information content (AvgIpc) is 3.07. The Morgan fingerprint density at radius 2 is 2.33 bits per heavy atom. The highest BCUT2D eigenvalue weighted by Crippen LogP contribution is 2.20. The number of likely N-dealkylation sites (N-methyl/N-ethyl adjacent to an activating group) is 1. The number of aromatic nitrogens is 1. The molecule has 0 spiro atoms. The van der Waals surface area contributed by atoms with Crippen molar-refractivity contribution < 1.29 is 19.4 Å². The van der Waals surface area contributed by atoms with Crippen LogP contribution < -0.4 is 10.6 Å². The van der Waals surface area contributed by atoms with Gasteiger partial charge in [0.15, 0.2) is 5.69 Å². The van der Waals surface area contributed by atoms with E-state index in [0.717, 1.165) is 6.54 Å². The number of hydrogen-bond acceptors (Lipinski definition) is 6. The van der Waals surface area contributed by atoms with Crippen molar-refractivity contribution in [2.45, 2.75) is 25.9 Å². The Bertz CT molecular complexity index is 519. The Hall–Kier alpha value is -1.51. The Morgan fingerprint density at radius 3 is 2.95 bits per heavy atom. The topological polar surface area (TPSA) is 101 Å². The number of thiazole rings is 1. The largest absolute Gasteiger partial charge is 0.476 e. The number of carboxylic acid groups (broad SMARTS) is 1. The lowest BCUT2D eigenvalue weighted by molar-refractivity contribution is -0.126. The van der Waals surface area contributed by atoms with Gasteiger partial charge >= 0.3 is 5.97 Å². The summed E-state index contributed by atoms with van der Waals surface area (Å²) in [5.41, 5.74) is 0.00539. The summed E-state index contributed by atoms with van der Waals surface area (Å²) in [6.45, 7) is 5.48. The predicted octanol–water partition coefficient (Wildman–Crippen LogP) is 0.643. The van der Waals surface area contributed by atoms with E-state index in [-0.39, 0.29) is 29.6 Å². The number of rotatable bonds is 6. The molecule has 0 aromatic carbocycles. The van der Waals surface area contributed by atoms with E-state index in [1.54, 1.807) is 6.92 Å². The van der Waals surface area contributed by atoms with Gasteiger partial charge < -0.3 is 20.5 Å². The second-order valence-electron chi connectivity index (χ2n) is 4.91. The molecule has 8 heteroatoms. The van der Waals surface area contributed by atoms with Gasteiger partial charge in [-0.1, -0.05) is 6.92 Å². The van der Waals surface area contributed by atoms with Crippen molar-refractivity contribution in [3.8, 4) is 0 Å². The van der Waals surface area contributed by atoms with Crippen LogP contribution >= 0.6 is 11.3 Å². The molecule has 2 heterocycles. The SMILES string of the molecule is CCNC1COCC1C(=O)NC(C)c1nc(C(=O)O)cs1. The zero-order chi connectivity index (χ0) is 15.4. The lowest BCUT2D eigenvalue weighted by Crippen LogP contribution is -2.44. The third-order valence-electron chi connectivity index (χ3n) is 3.35. The van der Waals surface area contributed by atoms with Crippen molar-refractivity contribution >= 4 is 23.2 Å². The number of nitrogens with one attached hydrogen (secondary N) is 2. The minimum atomic E-state index is -1.06. The quantitative estimate of drug-likeness (QED) is 0.713. The monoisotopic (exact) mass is 313 g/mol. The van der Waals surface area contributed by atoms with Gasteiger partial charge in [0.05, 0.1) is 25.2 Å². The number of nitrogens with zero attached hydrogens (tertiary/aromatic N) is 1. The zero-order valence-corrected chi connectivity index (χ0v) is 12.8. The van der Waals surface area contributed by atoms with E-state index in [1.165, 1.54) is 16.7 Å². The molecule has 1 aromatic heterocycles. The van der Waals surface area contributed by atoms with Crippen LogP contribution in [0.15, 0.2) is 5.38 Å². The fourth-order valence-electron chi connectivity index (χ4n) is 2.24. The predicted molar refractivity (Wildman–Crippen MR) is 77.4 cm³/mol. The number of carbonyl (C=O) groups excluding carboxylic acids is 1. The van der Waals surface area contributed by atoms with Gasteiger partial charge in [-0.3, -0.25) is 4.79 Å². The molecule has 7 nitrogen and oxygen atoms in total. The lowest BCUT2D eigenvalue weighted by atomic mass is 10.0. The summed E-state index contributed by atoms with van der Waals surface area (Å²) in [5, 5.41) is 17.0. The van der Waals surface area contributed by atoms with E-state index in [4.69, 9.17) is 9.84 Å². The first-order chi connectivity index (χ1) is 10.0. The summed E-state index contributed by atoms with van der Waals surface area (Å²) in [6, 6.07) is -0.299. The van der Waals surface area contributed by atoms with E-state index < -0.39 is 5.97 Å². The van der Waals surface area contributed by atoms with E-state index in [9.17, 15) is 9.59 Å². The summed E-state index contributed by atoms with van der Waals surface area (Å²) < 4.78 is 5.35. The molecule has 3 unspecified atom stereocenters. The van der Waals surface area contributed by atoms with Crippen molar-refractivity contribution in [1.29, 1.82) is 0 Å². The van der Waals surface area contributed by atoms with Crippen LogP contribution in [-0.4, -0.2) is 47.8 Å². The molecule has 1 aliphatic heterocycles.